The zero-order chi connectivity index (χ0) is 14.0. The number of piperazine rings is 1. The van der Waals surface area contributed by atoms with Crippen LogP contribution in [0.5, 0.6) is 0 Å². The van der Waals surface area contributed by atoms with Gasteiger partial charge in [-0.3, -0.25) is 9.59 Å². The molecule has 19 heavy (non-hydrogen) atoms. The van der Waals surface area contributed by atoms with Gasteiger partial charge in [-0.15, -0.1) is 11.3 Å². The molecule has 0 bridgehead atoms. The fraction of sp³-hybridized carbons (Fsp3) is 0.583. The molecule has 1 aromatic heterocycles. The zero-order valence-electron chi connectivity index (χ0n) is 11.3. The maximum atomic E-state index is 12.4. The standard InChI is InChI=1S/C12H18N4O2S/c1-7-10(19-8(2)15-7)12(18)16-5-4-14-9(6-16)11(17)13-3/h9,14H,4-6H2,1-3H3,(H,13,17). The molecule has 1 fully saturated rings. The molecule has 0 aromatic carbocycles. The molecule has 2 amide bonds. The topological polar surface area (TPSA) is 74.3 Å². The second-order valence-corrected chi connectivity index (χ2v) is 5.72. The predicted molar refractivity (Wildman–Crippen MR) is 73.3 cm³/mol. The van der Waals surface area contributed by atoms with Gasteiger partial charge in [-0.1, -0.05) is 0 Å². The van der Waals surface area contributed by atoms with Gasteiger partial charge >= 0.3 is 0 Å². The number of nitrogens with one attached hydrogen (secondary N) is 2. The minimum atomic E-state index is -0.336. The van der Waals surface area contributed by atoms with E-state index in [4.69, 9.17) is 0 Å². The fourth-order valence-corrected chi connectivity index (χ4v) is 3.05. The third-order valence-corrected chi connectivity index (χ3v) is 4.18. The average molecular weight is 282 g/mol. The van der Waals surface area contributed by atoms with Crippen molar-refractivity contribution in [1.82, 2.24) is 20.5 Å². The van der Waals surface area contributed by atoms with E-state index in [9.17, 15) is 9.59 Å². The van der Waals surface area contributed by atoms with Crippen LogP contribution >= 0.6 is 11.3 Å². The van der Waals surface area contributed by atoms with Gasteiger partial charge in [-0.25, -0.2) is 4.98 Å². The molecule has 2 N–H and O–H groups in total. The number of rotatable bonds is 2. The third-order valence-electron chi connectivity index (χ3n) is 3.12. The Bertz CT molecular complexity index is 500. The summed E-state index contributed by atoms with van der Waals surface area (Å²) in [6.07, 6.45) is 0. The van der Waals surface area contributed by atoms with Gasteiger partial charge in [-0.05, 0) is 13.8 Å². The average Bonchev–Trinajstić information content (AvgIpc) is 2.76. The number of aromatic nitrogens is 1. The minimum Gasteiger partial charge on any atom is -0.358 e. The second kappa shape index (κ2) is 5.66. The molecule has 0 saturated carbocycles. The highest BCUT2D eigenvalue weighted by molar-refractivity contribution is 7.13. The van der Waals surface area contributed by atoms with E-state index >= 15 is 0 Å². The van der Waals surface area contributed by atoms with Gasteiger partial charge in [0.25, 0.3) is 5.91 Å². The Morgan fingerprint density at radius 3 is 2.79 bits per heavy atom. The third kappa shape index (κ3) is 2.93. The summed E-state index contributed by atoms with van der Waals surface area (Å²) >= 11 is 1.41. The summed E-state index contributed by atoms with van der Waals surface area (Å²) in [6.45, 7) is 5.37. The van der Waals surface area contributed by atoms with Gasteiger partial charge in [0, 0.05) is 26.7 Å². The van der Waals surface area contributed by atoms with Crippen molar-refractivity contribution in [2.75, 3.05) is 26.7 Å². The van der Waals surface area contributed by atoms with E-state index in [0.29, 0.717) is 24.5 Å². The summed E-state index contributed by atoms with van der Waals surface area (Å²) in [4.78, 5) is 30.7. The summed E-state index contributed by atoms with van der Waals surface area (Å²) in [5, 5.41) is 6.60. The number of thiazole rings is 1. The van der Waals surface area contributed by atoms with Crippen LogP contribution in [0.3, 0.4) is 0 Å². The van der Waals surface area contributed by atoms with Crippen molar-refractivity contribution in [3.63, 3.8) is 0 Å². The van der Waals surface area contributed by atoms with E-state index in [1.54, 1.807) is 11.9 Å². The highest BCUT2D eigenvalue weighted by Crippen LogP contribution is 2.19. The van der Waals surface area contributed by atoms with Gasteiger partial charge in [0.2, 0.25) is 5.91 Å². The minimum absolute atomic E-state index is 0.0292. The van der Waals surface area contributed by atoms with Crippen molar-refractivity contribution >= 4 is 23.2 Å². The molecule has 0 aliphatic carbocycles. The van der Waals surface area contributed by atoms with E-state index in [1.807, 2.05) is 13.8 Å². The lowest BCUT2D eigenvalue weighted by Gasteiger charge is -2.32. The first-order valence-electron chi connectivity index (χ1n) is 6.21. The molecule has 1 atom stereocenters. The molecule has 1 aromatic rings. The summed E-state index contributed by atoms with van der Waals surface area (Å²) < 4.78 is 0. The van der Waals surface area contributed by atoms with Crippen LogP contribution in [-0.2, 0) is 4.79 Å². The molecule has 2 heterocycles. The highest BCUT2D eigenvalue weighted by Gasteiger charge is 2.29. The summed E-state index contributed by atoms with van der Waals surface area (Å²) in [6, 6.07) is -0.336. The van der Waals surface area contributed by atoms with Gasteiger partial charge in [-0.2, -0.15) is 0 Å². The summed E-state index contributed by atoms with van der Waals surface area (Å²) in [5.41, 5.74) is 0.766. The molecule has 0 spiro atoms. The second-order valence-electron chi connectivity index (χ2n) is 4.52. The Morgan fingerprint density at radius 1 is 1.47 bits per heavy atom. The molecule has 6 nitrogen and oxygen atoms in total. The van der Waals surface area contributed by atoms with Crippen molar-refractivity contribution in [1.29, 1.82) is 0 Å². The van der Waals surface area contributed by atoms with Crippen LogP contribution in [0.25, 0.3) is 0 Å². The molecule has 1 unspecified atom stereocenters. The number of carbonyl (C=O) groups excluding carboxylic acids is 2. The summed E-state index contributed by atoms with van der Waals surface area (Å²) in [5.74, 6) is -0.117. The molecule has 1 aliphatic heterocycles. The summed E-state index contributed by atoms with van der Waals surface area (Å²) in [7, 11) is 1.60. The molecule has 2 rings (SSSR count). The lowest BCUT2D eigenvalue weighted by Crippen LogP contribution is -2.57. The Morgan fingerprint density at radius 2 is 2.21 bits per heavy atom. The van der Waals surface area contributed by atoms with Gasteiger partial charge in [0.15, 0.2) is 0 Å². The molecular weight excluding hydrogens is 264 g/mol. The maximum Gasteiger partial charge on any atom is 0.265 e. The van der Waals surface area contributed by atoms with Crippen molar-refractivity contribution in [3.8, 4) is 0 Å². The maximum absolute atomic E-state index is 12.4. The van der Waals surface area contributed by atoms with Gasteiger partial charge in [0.1, 0.15) is 10.9 Å². The fourth-order valence-electron chi connectivity index (χ4n) is 2.16. The van der Waals surface area contributed by atoms with E-state index in [2.05, 4.69) is 15.6 Å². The number of amides is 2. The molecule has 1 saturated heterocycles. The number of hydrogen-bond donors (Lipinski definition) is 2. The number of likely N-dealkylation sites (N-methyl/N-ethyl adjacent to an activating group) is 1. The lowest BCUT2D eigenvalue weighted by molar-refractivity contribution is -0.123. The molecule has 7 heteroatoms. The highest BCUT2D eigenvalue weighted by atomic mass is 32.1. The van der Waals surface area contributed by atoms with E-state index in [0.717, 1.165) is 10.7 Å². The van der Waals surface area contributed by atoms with E-state index in [1.165, 1.54) is 11.3 Å². The Balaban J connectivity index is 2.11. The van der Waals surface area contributed by atoms with Crippen LogP contribution in [0.1, 0.15) is 20.4 Å². The Labute approximate surface area is 116 Å². The van der Waals surface area contributed by atoms with Crippen LogP contribution < -0.4 is 10.6 Å². The quantitative estimate of drug-likeness (QED) is 0.796. The van der Waals surface area contributed by atoms with Gasteiger partial charge in [0.05, 0.1) is 10.7 Å². The zero-order valence-corrected chi connectivity index (χ0v) is 12.1. The van der Waals surface area contributed by atoms with Crippen LogP contribution in [0.2, 0.25) is 0 Å². The van der Waals surface area contributed by atoms with Gasteiger partial charge < -0.3 is 15.5 Å². The first kappa shape index (κ1) is 14.0. The number of nitrogens with zero attached hydrogens (tertiary/aromatic N) is 2. The van der Waals surface area contributed by atoms with Crippen LogP contribution in [-0.4, -0.2) is 54.4 Å². The first-order valence-corrected chi connectivity index (χ1v) is 7.03. The molecule has 104 valence electrons. The van der Waals surface area contributed by atoms with E-state index < -0.39 is 0 Å². The lowest BCUT2D eigenvalue weighted by atomic mass is 10.2. The number of aryl methyl sites for hydroxylation is 2. The molecule has 1 aliphatic rings. The SMILES string of the molecule is CNC(=O)C1CN(C(=O)c2sc(C)nc2C)CCN1. The number of carbonyl (C=O) groups is 2. The predicted octanol–water partition coefficient (Wildman–Crippen LogP) is -0.0801. The Hall–Kier alpha value is -1.47. The number of hydrogen-bond acceptors (Lipinski definition) is 5. The van der Waals surface area contributed by atoms with Crippen LogP contribution in [0.4, 0.5) is 0 Å². The molecule has 0 radical (unpaired) electrons. The normalized spacial score (nSPS) is 19.3. The van der Waals surface area contributed by atoms with Crippen LogP contribution in [0, 0.1) is 13.8 Å². The monoisotopic (exact) mass is 282 g/mol. The van der Waals surface area contributed by atoms with Crippen molar-refractivity contribution in [2.45, 2.75) is 19.9 Å². The Kier molecular flexibility index (Phi) is 4.16. The van der Waals surface area contributed by atoms with Crippen LogP contribution in [0.15, 0.2) is 0 Å². The largest absolute Gasteiger partial charge is 0.358 e. The van der Waals surface area contributed by atoms with Crippen molar-refractivity contribution in [2.24, 2.45) is 0 Å². The smallest absolute Gasteiger partial charge is 0.265 e. The first-order chi connectivity index (χ1) is 9.02. The van der Waals surface area contributed by atoms with Crippen molar-refractivity contribution < 1.29 is 9.59 Å². The molecular formula is C12H18N4O2S. The van der Waals surface area contributed by atoms with Crippen molar-refractivity contribution in [3.05, 3.63) is 15.6 Å². The van der Waals surface area contributed by atoms with E-state index in [-0.39, 0.29) is 17.9 Å².